The Labute approximate surface area is 113 Å². The van der Waals surface area contributed by atoms with Crippen LogP contribution < -0.4 is 0 Å². The summed E-state index contributed by atoms with van der Waals surface area (Å²) in [6.07, 6.45) is 8.15. The highest BCUT2D eigenvalue weighted by Gasteiger charge is 2.40. The SMILES string of the molecule is C#CCN(CC1CC1)C(=O)N1CCC(C(=O)O)C1C. The summed E-state index contributed by atoms with van der Waals surface area (Å²) in [5.41, 5.74) is 0. The maximum Gasteiger partial charge on any atom is 0.321 e. The summed E-state index contributed by atoms with van der Waals surface area (Å²) in [5.74, 6) is 1.80. The molecule has 1 heterocycles. The molecule has 1 saturated heterocycles. The fourth-order valence-electron chi connectivity index (χ4n) is 2.65. The summed E-state index contributed by atoms with van der Waals surface area (Å²) in [7, 11) is 0. The second kappa shape index (κ2) is 5.52. The second-order valence-corrected chi connectivity index (χ2v) is 5.48. The van der Waals surface area contributed by atoms with Crippen LogP contribution in [-0.2, 0) is 4.79 Å². The van der Waals surface area contributed by atoms with Gasteiger partial charge in [-0.3, -0.25) is 4.79 Å². The van der Waals surface area contributed by atoms with Gasteiger partial charge >= 0.3 is 12.0 Å². The molecule has 2 amide bonds. The number of likely N-dealkylation sites (tertiary alicyclic amines) is 1. The minimum Gasteiger partial charge on any atom is -0.481 e. The molecule has 1 aliphatic heterocycles. The van der Waals surface area contributed by atoms with Crippen molar-refractivity contribution in [1.29, 1.82) is 0 Å². The Bertz CT molecular complexity index is 411. The minimum atomic E-state index is -0.825. The first kappa shape index (κ1) is 13.7. The molecule has 0 aromatic heterocycles. The Hall–Kier alpha value is -1.70. The Kier molecular flexibility index (Phi) is 3.98. The van der Waals surface area contributed by atoms with Crippen LogP contribution in [0.1, 0.15) is 26.2 Å². The number of carbonyl (C=O) groups is 2. The summed E-state index contributed by atoms with van der Waals surface area (Å²) in [6.45, 7) is 3.30. The zero-order chi connectivity index (χ0) is 14.0. The predicted octanol–water partition coefficient (Wildman–Crippen LogP) is 1.25. The van der Waals surface area contributed by atoms with E-state index in [1.54, 1.807) is 16.7 Å². The molecule has 0 aromatic carbocycles. The number of urea groups is 1. The highest BCUT2D eigenvalue weighted by atomic mass is 16.4. The molecule has 5 heteroatoms. The number of hydrogen-bond acceptors (Lipinski definition) is 2. The molecule has 1 aliphatic carbocycles. The van der Waals surface area contributed by atoms with Crippen molar-refractivity contribution < 1.29 is 14.7 Å². The first-order valence-electron chi connectivity index (χ1n) is 6.76. The molecule has 2 rings (SSSR count). The molecule has 0 aromatic rings. The van der Waals surface area contributed by atoms with E-state index >= 15 is 0 Å². The summed E-state index contributed by atoms with van der Waals surface area (Å²) >= 11 is 0. The molecule has 104 valence electrons. The monoisotopic (exact) mass is 264 g/mol. The van der Waals surface area contributed by atoms with Gasteiger partial charge in [0.25, 0.3) is 0 Å². The van der Waals surface area contributed by atoms with Gasteiger partial charge in [-0.25, -0.2) is 4.79 Å². The molecule has 0 bridgehead atoms. The molecular weight excluding hydrogens is 244 g/mol. The maximum atomic E-state index is 12.4. The minimum absolute atomic E-state index is 0.110. The van der Waals surface area contributed by atoms with Crippen LogP contribution in [0.3, 0.4) is 0 Å². The van der Waals surface area contributed by atoms with E-state index in [-0.39, 0.29) is 12.1 Å². The highest BCUT2D eigenvalue weighted by molar-refractivity contribution is 5.78. The van der Waals surface area contributed by atoms with Crippen LogP contribution in [0, 0.1) is 24.2 Å². The van der Waals surface area contributed by atoms with E-state index in [1.165, 1.54) is 0 Å². The smallest absolute Gasteiger partial charge is 0.321 e. The standard InChI is InChI=1S/C14H20N2O3/c1-3-7-15(9-11-4-5-11)14(19)16-8-6-12(10(16)2)13(17)18/h1,10-12H,4-9H2,2H3,(H,17,18). The molecular formula is C14H20N2O3. The summed E-state index contributed by atoms with van der Waals surface area (Å²) in [4.78, 5) is 26.9. The second-order valence-electron chi connectivity index (χ2n) is 5.48. The van der Waals surface area contributed by atoms with Crippen molar-refractivity contribution in [2.24, 2.45) is 11.8 Å². The molecule has 0 radical (unpaired) electrons. The predicted molar refractivity (Wildman–Crippen MR) is 70.4 cm³/mol. The van der Waals surface area contributed by atoms with E-state index in [2.05, 4.69) is 5.92 Å². The van der Waals surface area contributed by atoms with Crippen LogP contribution in [0.15, 0.2) is 0 Å². The van der Waals surface area contributed by atoms with Crippen LogP contribution in [0.5, 0.6) is 0 Å². The molecule has 0 spiro atoms. The van der Waals surface area contributed by atoms with E-state index in [0.29, 0.717) is 32.0 Å². The van der Waals surface area contributed by atoms with Crippen molar-refractivity contribution in [3.8, 4) is 12.3 Å². The van der Waals surface area contributed by atoms with E-state index in [0.717, 1.165) is 12.8 Å². The van der Waals surface area contributed by atoms with Gasteiger partial charge in [0, 0.05) is 19.1 Å². The largest absolute Gasteiger partial charge is 0.481 e. The van der Waals surface area contributed by atoms with Gasteiger partial charge in [-0.2, -0.15) is 0 Å². The van der Waals surface area contributed by atoms with Gasteiger partial charge in [-0.05, 0) is 32.1 Å². The molecule has 2 atom stereocenters. The van der Waals surface area contributed by atoms with Gasteiger partial charge in [0.15, 0.2) is 0 Å². The first-order valence-corrected chi connectivity index (χ1v) is 6.76. The van der Waals surface area contributed by atoms with Crippen molar-refractivity contribution in [2.75, 3.05) is 19.6 Å². The van der Waals surface area contributed by atoms with Gasteiger partial charge in [0.2, 0.25) is 0 Å². The van der Waals surface area contributed by atoms with Gasteiger partial charge in [0.1, 0.15) is 0 Å². The van der Waals surface area contributed by atoms with Gasteiger partial charge in [0.05, 0.1) is 12.5 Å². The average molecular weight is 264 g/mol. The molecule has 2 aliphatic rings. The van der Waals surface area contributed by atoms with Crippen molar-refractivity contribution in [2.45, 2.75) is 32.2 Å². The fourth-order valence-corrected chi connectivity index (χ4v) is 2.65. The third-order valence-electron chi connectivity index (χ3n) is 4.05. The molecule has 1 saturated carbocycles. The molecule has 19 heavy (non-hydrogen) atoms. The quantitative estimate of drug-likeness (QED) is 0.777. The lowest BCUT2D eigenvalue weighted by Gasteiger charge is -2.30. The number of carboxylic acid groups (broad SMARTS) is 1. The summed E-state index contributed by atoms with van der Waals surface area (Å²) in [5, 5.41) is 9.10. The molecule has 1 N–H and O–H groups in total. The number of carboxylic acids is 1. The maximum absolute atomic E-state index is 12.4. The number of terminal acetylenes is 1. The molecule has 2 unspecified atom stereocenters. The van der Waals surface area contributed by atoms with Crippen LogP contribution in [-0.4, -0.2) is 52.6 Å². The van der Waals surface area contributed by atoms with Crippen LogP contribution >= 0.6 is 0 Å². The third kappa shape index (κ3) is 3.01. The Morgan fingerprint density at radius 1 is 1.42 bits per heavy atom. The fraction of sp³-hybridized carbons (Fsp3) is 0.714. The van der Waals surface area contributed by atoms with Crippen LogP contribution in [0.25, 0.3) is 0 Å². The number of amides is 2. The summed E-state index contributed by atoms with van der Waals surface area (Å²) in [6, 6.07) is -0.370. The van der Waals surface area contributed by atoms with Crippen molar-refractivity contribution >= 4 is 12.0 Å². The zero-order valence-corrected chi connectivity index (χ0v) is 11.2. The lowest BCUT2D eigenvalue weighted by Crippen LogP contribution is -2.47. The lowest BCUT2D eigenvalue weighted by molar-refractivity contribution is -0.142. The molecule has 5 nitrogen and oxygen atoms in total. The van der Waals surface area contributed by atoms with Crippen molar-refractivity contribution in [1.82, 2.24) is 9.80 Å². The zero-order valence-electron chi connectivity index (χ0n) is 11.2. The van der Waals surface area contributed by atoms with Crippen molar-refractivity contribution in [3.63, 3.8) is 0 Å². The topological polar surface area (TPSA) is 60.9 Å². The van der Waals surface area contributed by atoms with E-state index in [4.69, 9.17) is 11.5 Å². The van der Waals surface area contributed by atoms with E-state index in [9.17, 15) is 9.59 Å². The first-order chi connectivity index (χ1) is 9.04. The van der Waals surface area contributed by atoms with Crippen molar-refractivity contribution in [3.05, 3.63) is 0 Å². The molecule has 2 fully saturated rings. The van der Waals surface area contributed by atoms with Gasteiger partial charge in [-0.1, -0.05) is 5.92 Å². The number of hydrogen-bond donors (Lipinski definition) is 1. The van der Waals surface area contributed by atoms with Gasteiger partial charge in [-0.15, -0.1) is 6.42 Å². The van der Waals surface area contributed by atoms with E-state index < -0.39 is 11.9 Å². The third-order valence-corrected chi connectivity index (χ3v) is 4.05. The van der Waals surface area contributed by atoms with Crippen LogP contribution in [0.2, 0.25) is 0 Å². The summed E-state index contributed by atoms with van der Waals surface area (Å²) < 4.78 is 0. The lowest BCUT2D eigenvalue weighted by atomic mass is 10.0. The Morgan fingerprint density at radius 3 is 2.58 bits per heavy atom. The Morgan fingerprint density at radius 2 is 2.11 bits per heavy atom. The van der Waals surface area contributed by atoms with Crippen LogP contribution in [0.4, 0.5) is 4.79 Å². The average Bonchev–Trinajstić information content (AvgIpc) is 3.09. The van der Waals surface area contributed by atoms with E-state index in [1.807, 2.05) is 0 Å². The number of carbonyl (C=O) groups excluding carboxylic acids is 1. The van der Waals surface area contributed by atoms with Gasteiger partial charge < -0.3 is 14.9 Å². The number of aliphatic carboxylic acids is 1. The number of rotatable bonds is 4. The number of nitrogens with zero attached hydrogens (tertiary/aromatic N) is 2. The Balaban J connectivity index is 2.00. The normalized spacial score (nSPS) is 26.0. The highest BCUT2D eigenvalue weighted by Crippen LogP contribution is 2.31.